The third kappa shape index (κ3) is 4.65. The molecule has 0 saturated carbocycles. The second-order valence-electron chi connectivity index (χ2n) is 6.30. The number of pyridine rings is 1. The predicted octanol–water partition coefficient (Wildman–Crippen LogP) is 3.24. The monoisotopic (exact) mass is 323 g/mol. The van der Waals surface area contributed by atoms with Crippen molar-refractivity contribution in [2.45, 2.75) is 25.7 Å². The second-order valence-corrected chi connectivity index (χ2v) is 6.30. The van der Waals surface area contributed by atoms with Gasteiger partial charge in [-0.05, 0) is 51.0 Å². The van der Waals surface area contributed by atoms with Crippen LogP contribution in [0.15, 0.2) is 42.6 Å². The summed E-state index contributed by atoms with van der Waals surface area (Å²) in [6.07, 6.45) is 10.2. The van der Waals surface area contributed by atoms with Crippen molar-refractivity contribution >= 4 is 22.9 Å². The van der Waals surface area contributed by atoms with Gasteiger partial charge in [0.1, 0.15) is 0 Å². The van der Waals surface area contributed by atoms with Gasteiger partial charge < -0.3 is 10.2 Å². The maximum absolute atomic E-state index is 12.0. The minimum absolute atomic E-state index is 0.0402. The van der Waals surface area contributed by atoms with Crippen LogP contribution < -0.4 is 5.32 Å². The van der Waals surface area contributed by atoms with Crippen molar-refractivity contribution in [1.82, 2.24) is 15.2 Å². The average Bonchev–Trinajstić information content (AvgIpc) is 2.64. The highest BCUT2D eigenvalue weighted by molar-refractivity contribution is 5.95. The largest absolute Gasteiger partial charge is 0.353 e. The molecular weight excluding hydrogens is 298 g/mol. The molecule has 0 bridgehead atoms. The van der Waals surface area contributed by atoms with E-state index in [2.05, 4.69) is 15.2 Å². The molecule has 1 N–H and O–H groups in total. The third-order valence-electron chi connectivity index (χ3n) is 4.48. The summed E-state index contributed by atoms with van der Waals surface area (Å²) in [6, 6.07) is 9.95. The molecule has 126 valence electrons. The zero-order valence-corrected chi connectivity index (χ0v) is 14.1. The van der Waals surface area contributed by atoms with Crippen molar-refractivity contribution in [3.05, 3.63) is 48.2 Å². The minimum Gasteiger partial charge on any atom is -0.353 e. The molecule has 0 aliphatic carbocycles. The van der Waals surface area contributed by atoms with Crippen LogP contribution in [0.2, 0.25) is 0 Å². The number of hydrogen-bond acceptors (Lipinski definition) is 3. The minimum atomic E-state index is -0.0402. The number of amides is 1. The van der Waals surface area contributed by atoms with Crippen molar-refractivity contribution in [3.63, 3.8) is 0 Å². The molecule has 24 heavy (non-hydrogen) atoms. The van der Waals surface area contributed by atoms with Gasteiger partial charge in [0.2, 0.25) is 5.91 Å². The summed E-state index contributed by atoms with van der Waals surface area (Å²) in [5.74, 6) is -0.0402. The van der Waals surface area contributed by atoms with Crippen molar-refractivity contribution in [3.8, 4) is 0 Å². The van der Waals surface area contributed by atoms with Crippen LogP contribution in [0.5, 0.6) is 0 Å². The van der Waals surface area contributed by atoms with E-state index in [0.717, 1.165) is 36.0 Å². The van der Waals surface area contributed by atoms with Gasteiger partial charge >= 0.3 is 0 Å². The first-order valence-corrected chi connectivity index (χ1v) is 8.85. The Balaban J connectivity index is 1.46. The average molecular weight is 323 g/mol. The number of nitrogens with zero attached hydrogens (tertiary/aromatic N) is 2. The third-order valence-corrected chi connectivity index (χ3v) is 4.48. The van der Waals surface area contributed by atoms with Crippen LogP contribution in [-0.4, -0.2) is 42.0 Å². The number of piperidine rings is 1. The molecule has 1 aliphatic rings. The first kappa shape index (κ1) is 16.7. The van der Waals surface area contributed by atoms with Crippen LogP contribution >= 0.6 is 0 Å². The molecule has 1 saturated heterocycles. The molecule has 2 heterocycles. The molecule has 3 rings (SSSR count). The summed E-state index contributed by atoms with van der Waals surface area (Å²) < 4.78 is 0. The Morgan fingerprint density at radius 2 is 2.00 bits per heavy atom. The van der Waals surface area contributed by atoms with Crippen LogP contribution in [0.3, 0.4) is 0 Å². The Kier molecular flexibility index (Phi) is 5.96. The van der Waals surface area contributed by atoms with E-state index in [1.807, 2.05) is 36.4 Å². The van der Waals surface area contributed by atoms with E-state index in [1.54, 1.807) is 12.3 Å². The van der Waals surface area contributed by atoms with E-state index in [4.69, 9.17) is 0 Å². The Morgan fingerprint density at radius 1 is 1.17 bits per heavy atom. The number of fused-ring (bicyclic) bond motifs is 1. The van der Waals surface area contributed by atoms with Gasteiger partial charge in [0, 0.05) is 29.8 Å². The highest BCUT2D eigenvalue weighted by Crippen LogP contribution is 2.16. The van der Waals surface area contributed by atoms with Crippen molar-refractivity contribution < 1.29 is 4.79 Å². The van der Waals surface area contributed by atoms with E-state index in [0.29, 0.717) is 0 Å². The maximum atomic E-state index is 12.0. The predicted molar refractivity (Wildman–Crippen MR) is 98.7 cm³/mol. The lowest BCUT2D eigenvalue weighted by atomic mass is 10.1. The molecule has 0 spiro atoms. The van der Waals surface area contributed by atoms with Gasteiger partial charge in [0.25, 0.3) is 0 Å². The first-order chi connectivity index (χ1) is 11.8. The van der Waals surface area contributed by atoms with Crippen LogP contribution in [0.1, 0.15) is 31.2 Å². The van der Waals surface area contributed by atoms with Crippen molar-refractivity contribution in [1.29, 1.82) is 0 Å². The van der Waals surface area contributed by atoms with Crippen LogP contribution in [-0.2, 0) is 4.79 Å². The van der Waals surface area contributed by atoms with Gasteiger partial charge in [0.05, 0.1) is 5.52 Å². The van der Waals surface area contributed by atoms with Crippen LogP contribution in [0.25, 0.3) is 17.0 Å². The van der Waals surface area contributed by atoms with E-state index in [1.165, 1.54) is 32.4 Å². The number of carbonyl (C=O) groups is 1. The number of aromatic nitrogens is 1. The highest BCUT2D eigenvalue weighted by atomic mass is 16.1. The summed E-state index contributed by atoms with van der Waals surface area (Å²) in [5.41, 5.74) is 1.89. The number of likely N-dealkylation sites (tertiary alicyclic amines) is 1. The van der Waals surface area contributed by atoms with Gasteiger partial charge in [-0.15, -0.1) is 0 Å². The normalized spacial score (nSPS) is 15.8. The maximum Gasteiger partial charge on any atom is 0.244 e. The molecule has 0 atom stereocenters. The second kappa shape index (κ2) is 8.60. The fraction of sp³-hybridized carbons (Fsp3) is 0.400. The van der Waals surface area contributed by atoms with Gasteiger partial charge in [-0.3, -0.25) is 9.78 Å². The smallest absolute Gasteiger partial charge is 0.244 e. The van der Waals surface area contributed by atoms with E-state index in [-0.39, 0.29) is 5.91 Å². The highest BCUT2D eigenvalue weighted by Gasteiger charge is 2.08. The zero-order valence-electron chi connectivity index (χ0n) is 14.1. The van der Waals surface area contributed by atoms with Crippen molar-refractivity contribution in [2.75, 3.05) is 26.2 Å². The molecule has 1 aromatic heterocycles. The van der Waals surface area contributed by atoms with Gasteiger partial charge in [-0.2, -0.15) is 0 Å². The Labute approximate surface area is 143 Å². The lowest BCUT2D eigenvalue weighted by molar-refractivity contribution is -0.116. The van der Waals surface area contributed by atoms with E-state index >= 15 is 0 Å². The summed E-state index contributed by atoms with van der Waals surface area (Å²) >= 11 is 0. The standard InChI is InChI=1S/C20H25N3O/c24-19(21-13-6-16-23-14-2-1-3-15-23)11-10-18-8-4-7-17-9-5-12-22-20(17)18/h4-5,7-12H,1-3,6,13-16H2,(H,21,24)/b11-10+. The fourth-order valence-corrected chi connectivity index (χ4v) is 3.18. The zero-order chi connectivity index (χ0) is 16.6. The number of benzene rings is 1. The summed E-state index contributed by atoms with van der Waals surface area (Å²) in [5, 5.41) is 4.05. The number of nitrogens with one attached hydrogen (secondary N) is 1. The first-order valence-electron chi connectivity index (χ1n) is 8.85. The number of carbonyl (C=O) groups excluding carboxylic acids is 1. The molecule has 0 unspecified atom stereocenters. The fourth-order valence-electron chi connectivity index (χ4n) is 3.18. The van der Waals surface area contributed by atoms with Gasteiger partial charge in [-0.1, -0.05) is 30.7 Å². The Morgan fingerprint density at radius 3 is 2.88 bits per heavy atom. The van der Waals surface area contributed by atoms with E-state index < -0.39 is 0 Å². The van der Waals surface area contributed by atoms with Crippen LogP contribution in [0, 0.1) is 0 Å². The molecule has 1 aromatic carbocycles. The van der Waals surface area contributed by atoms with Gasteiger partial charge in [0.15, 0.2) is 0 Å². The van der Waals surface area contributed by atoms with Crippen molar-refractivity contribution in [2.24, 2.45) is 0 Å². The summed E-state index contributed by atoms with van der Waals surface area (Å²) in [6.45, 7) is 4.23. The number of rotatable bonds is 6. The Bertz CT molecular complexity index is 700. The molecular formula is C20H25N3O. The lowest BCUT2D eigenvalue weighted by Gasteiger charge is -2.26. The topological polar surface area (TPSA) is 45.2 Å². The molecule has 4 nitrogen and oxygen atoms in total. The SMILES string of the molecule is O=C(/C=C/c1cccc2cccnc12)NCCCN1CCCCC1. The summed E-state index contributed by atoms with van der Waals surface area (Å²) in [7, 11) is 0. The summed E-state index contributed by atoms with van der Waals surface area (Å²) in [4.78, 5) is 18.9. The lowest BCUT2D eigenvalue weighted by Crippen LogP contribution is -2.33. The molecule has 1 aliphatic heterocycles. The number of para-hydroxylation sites is 1. The number of hydrogen-bond donors (Lipinski definition) is 1. The molecule has 0 radical (unpaired) electrons. The molecule has 1 fully saturated rings. The molecule has 1 amide bonds. The quantitative estimate of drug-likeness (QED) is 0.656. The van der Waals surface area contributed by atoms with E-state index in [9.17, 15) is 4.79 Å². The molecule has 4 heteroatoms. The Hall–Kier alpha value is -2.20. The van der Waals surface area contributed by atoms with Gasteiger partial charge in [-0.25, -0.2) is 0 Å². The molecule has 2 aromatic rings. The van der Waals surface area contributed by atoms with Crippen LogP contribution in [0.4, 0.5) is 0 Å².